The van der Waals surface area contributed by atoms with E-state index in [1.165, 1.54) is 0 Å². The zero-order valence-electron chi connectivity index (χ0n) is 9.64. The van der Waals surface area contributed by atoms with Crippen LogP contribution in [0.5, 0.6) is 0 Å². The van der Waals surface area contributed by atoms with Gasteiger partial charge in [0, 0.05) is 10.9 Å². The van der Waals surface area contributed by atoms with Crippen LogP contribution in [-0.2, 0) is 16.5 Å². The van der Waals surface area contributed by atoms with Crippen molar-refractivity contribution in [2.45, 2.75) is 19.6 Å². The van der Waals surface area contributed by atoms with Gasteiger partial charge in [0.2, 0.25) is 0 Å². The second kappa shape index (κ2) is 4.98. The highest BCUT2D eigenvalue weighted by Crippen LogP contribution is 2.28. The molecule has 0 saturated carbocycles. The number of nitrogens with zero attached hydrogens (tertiary/aromatic N) is 1. The third-order valence-electron chi connectivity index (χ3n) is 2.59. The van der Waals surface area contributed by atoms with E-state index in [1.54, 1.807) is 16.8 Å². The highest BCUT2D eigenvalue weighted by atomic mass is 32.2. The highest BCUT2D eigenvalue weighted by Gasteiger charge is 2.09. The standard InChI is InChI=1S/C12H13NO2S2/c1-8-3-10(6-17(14)15)4-9(2)12(8)11-5-16-7-13-11/h3-5,7,17H,6H2,1-2H3. The number of benzene rings is 1. The van der Waals surface area contributed by atoms with Crippen LogP contribution >= 0.6 is 11.3 Å². The molecule has 17 heavy (non-hydrogen) atoms. The third kappa shape index (κ3) is 2.73. The van der Waals surface area contributed by atoms with E-state index < -0.39 is 10.7 Å². The maximum atomic E-state index is 10.7. The number of thiazole rings is 1. The third-order valence-corrected chi connectivity index (χ3v) is 3.80. The summed E-state index contributed by atoms with van der Waals surface area (Å²) in [5.41, 5.74) is 6.86. The van der Waals surface area contributed by atoms with Crippen molar-refractivity contribution in [2.75, 3.05) is 0 Å². The number of thiol groups is 1. The molecule has 0 atom stereocenters. The fourth-order valence-corrected chi connectivity index (χ4v) is 3.06. The van der Waals surface area contributed by atoms with Gasteiger partial charge in [-0.2, -0.15) is 0 Å². The summed E-state index contributed by atoms with van der Waals surface area (Å²) in [5, 5.41) is 2.00. The van der Waals surface area contributed by atoms with E-state index in [0.29, 0.717) is 0 Å². The summed E-state index contributed by atoms with van der Waals surface area (Å²) in [7, 11) is -2.37. The summed E-state index contributed by atoms with van der Waals surface area (Å²) < 4.78 is 21.5. The van der Waals surface area contributed by atoms with Gasteiger partial charge >= 0.3 is 0 Å². The summed E-state index contributed by atoms with van der Waals surface area (Å²) in [6.45, 7) is 3.98. The average molecular weight is 267 g/mol. The molecule has 1 aromatic carbocycles. The summed E-state index contributed by atoms with van der Waals surface area (Å²) in [4.78, 5) is 4.30. The minimum Gasteiger partial charge on any atom is -0.245 e. The molecule has 1 aromatic heterocycles. The van der Waals surface area contributed by atoms with E-state index in [9.17, 15) is 8.42 Å². The molecule has 90 valence electrons. The molecule has 3 nitrogen and oxygen atoms in total. The first-order valence-electron chi connectivity index (χ1n) is 5.18. The summed E-state index contributed by atoms with van der Waals surface area (Å²) in [6.07, 6.45) is 0. The number of aryl methyl sites for hydroxylation is 2. The van der Waals surface area contributed by atoms with Gasteiger partial charge in [0.05, 0.1) is 17.0 Å². The highest BCUT2D eigenvalue weighted by molar-refractivity contribution is 7.71. The van der Waals surface area contributed by atoms with Crippen LogP contribution in [0.25, 0.3) is 11.3 Å². The van der Waals surface area contributed by atoms with E-state index in [0.717, 1.165) is 27.9 Å². The average Bonchev–Trinajstić information content (AvgIpc) is 2.68. The van der Waals surface area contributed by atoms with Crippen LogP contribution in [0.2, 0.25) is 0 Å². The quantitative estimate of drug-likeness (QED) is 0.869. The molecular formula is C12H13NO2S2. The molecule has 0 radical (unpaired) electrons. The molecule has 5 heteroatoms. The molecule has 0 aliphatic carbocycles. The van der Waals surface area contributed by atoms with Crippen molar-refractivity contribution in [1.29, 1.82) is 0 Å². The largest absolute Gasteiger partial charge is 0.245 e. The van der Waals surface area contributed by atoms with E-state index in [4.69, 9.17) is 0 Å². The molecule has 0 aliphatic heterocycles. The Balaban J connectivity index is 2.50. The molecule has 2 rings (SSSR count). The van der Waals surface area contributed by atoms with E-state index in [1.807, 2.05) is 31.4 Å². The maximum absolute atomic E-state index is 10.7. The Bertz CT molecular complexity index is 570. The summed E-state index contributed by atoms with van der Waals surface area (Å²) in [6, 6.07) is 3.85. The van der Waals surface area contributed by atoms with E-state index >= 15 is 0 Å². The Kier molecular flexibility index (Phi) is 3.59. The lowest BCUT2D eigenvalue weighted by Crippen LogP contribution is -1.94. The van der Waals surface area contributed by atoms with Crippen molar-refractivity contribution in [1.82, 2.24) is 4.98 Å². The van der Waals surface area contributed by atoms with E-state index in [2.05, 4.69) is 4.98 Å². The monoisotopic (exact) mass is 267 g/mol. The van der Waals surface area contributed by atoms with Gasteiger partial charge in [-0.3, -0.25) is 0 Å². The Hall–Kier alpha value is -1.20. The molecule has 0 N–H and O–H groups in total. The Labute approximate surface area is 106 Å². The minimum absolute atomic E-state index is 0.106. The first-order chi connectivity index (χ1) is 8.08. The fraction of sp³-hybridized carbons (Fsp3) is 0.250. The van der Waals surface area contributed by atoms with Crippen LogP contribution in [0.15, 0.2) is 23.0 Å². The lowest BCUT2D eigenvalue weighted by molar-refractivity contribution is 0.614. The molecule has 0 amide bonds. The second-order valence-corrected chi connectivity index (χ2v) is 5.67. The van der Waals surface area contributed by atoms with Crippen LogP contribution < -0.4 is 0 Å². The second-order valence-electron chi connectivity index (χ2n) is 3.97. The van der Waals surface area contributed by atoms with Crippen molar-refractivity contribution in [3.05, 3.63) is 39.7 Å². The molecule has 0 bridgehead atoms. The molecule has 0 saturated heterocycles. The van der Waals surface area contributed by atoms with Gasteiger partial charge in [-0.25, -0.2) is 13.4 Å². The van der Waals surface area contributed by atoms with Crippen molar-refractivity contribution in [3.63, 3.8) is 0 Å². The van der Waals surface area contributed by atoms with Gasteiger partial charge in [0.15, 0.2) is 0 Å². The number of hydrogen-bond acceptors (Lipinski definition) is 4. The SMILES string of the molecule is Cc1cc(C[SH](=O)=O)cc(C)c1-c1cscn1. The zero-order chi connectivity index (χ0) is 12.4. The molecular weight excluding hydrogens is 254 g/mol. The van der Waals surface area contributed by atoms with Gasteiger partial charge < -0.3 is 0 Å². The zero-order valence-corrected chi connectivity index (χ0v) is 11.3. The lowest BCUT2D eigenvalue weighted by atomic mass is 9.98. The molecule has 0 aliphatic rings. The lowest BCUT2D eigenvalue weighted by Gasteiger charge is -2.09. The fourth-order valence-electron chi connectivity index (χ4n) is 2.03. The van der Waals surface area contributed by atoms with Gasteiger partial charge in [0.1, 0.15) is 10.7 Å². The van der Waals surface area contributed by atoms with Gasteiger partial charge in [-0.1, -0.05) is 12.1 Å². The van der Waals surface area contributed by atoms with Gasteiger partial charge in [0.25, 0.3) is 0 Å². The normalized spacial score (nSPS) is 11.0. The van der Waals surface area contributed by atoms with Crippen LogP contribution in [0.4, 0.5) is 0 Å². The predicted molar refractivity (Wildman–Crippen MR) is 71.0 cm³/mol. The smallest absolute Gasteiger partial charge is 0.144 e. The van der Waals surface area contributed by atoms with Crippen molar-refractivity contribution in [2.24, 2.45) is 0 Å². The first-order valence-corrected chi connectivity index (χ1v) is 7.49. The molecule has 1 heterocycles. The van der Waals surface area contributed by atoms with Crippen LogP contribution in [0.3, 0.4) is 0 Å². The maximum Gasteiger partial charge on any atom is 0.144 e. The van der Waals surface area contributed by atoms with Crippen LogP contribution in [0.1, 0.15) is 16.7 Å². The first kappa shape index (κ1) is 12.3. The molecule has 2 aromatic rings. The Morgan fingerprint density at radius 1 is 1.24 bits per heavy atom. The summed E-state index contributed by atoms with van der Waals surface area (Å²) in [5.74, 6) is 0.106. The number of aromatic nitrogens is 1. The van der Waals surface area contributed by atoms with E-state index in [-0.39, 0.29) is 5.75 Å². The predicted octanol–water partition coefficient (Wildman–Crippen LogP) is 2.54. The topological polar surface area (TPSA) is 47.0 Å². The van der Waals surface area contributed by atoms with Crippen molar-refractivity contribution < 1.29 is 8.42 Å². The molecule has 0 spiro atoms. The number of hydrogen-bond donors (Lipinski definition) is 1. The van der Waals surface area contributed by atoms with Crippen LogP contribution in [-0.4, -0.2) is 13.4 Å². The Morgan fingerprint density at radius 2 is 1.88 bits per heavy atom. The minimum atomic E-state index is -2.37. The summed E-state index contributed by atoms with van der Waals surface area (Å²) >= 11 is 1.56. The van der Waals surface area contributed by atoms with Gasteiger partial charge in [-0.05, 0) is 30.5 Å². The van der Waals surface area contributed by atoms with Crippen LogP contribution in [0, 0.1) is 13.8 Å². The Morgan fingerprint density at radius 3 is 2.35 bits per heavy atom. The number of rotatable bonds is 3. The van der Waals surface area contributed by atoms with Crippen molar-refractivity contribution >= 4 is 22.0 Å². The molecule has 0 unspecified atom stereocenters. The van der Waals surface area contributed by atoms with Crippen molar-refractivity contribution in [3.8, 4) is 11.3 Å². The van der Waals surface area contributed by atoms with Gasteiger partial charge in [-0.15, -0.1) is 11.3 Å². The molecule has 0 fully saturated rings.